The Morgan fingerprint density at radius 2 is 2.00 bits per heavy atom. The molecule has 0 aliphatic rings. The van der Waals surface area contributed by atoms with E-state index in [0.29, 0.717) is 12.2 Å². The monoisotopic (exact) mass is 345 g/mol. The highest BCUT2D eigenvalue weighted by Crippen LogP contribution is 2.11. The minimum absolute atomic E-state index is 0.191. The number of hydrogen-bond donors (Lipinski definition) is 2. The molecule has 6 heteroatoms. The van der Waals surface area contributed by atoms with Crippen LogP contribution in [0.15, 0.2) is 28.7 Å². The van der Waals surface area contributed by atoms with Gasteiger partial charge < -0.3 is 10.4 Å². The van der Waals surface area contributed by atoms with Crippen LogP contribution in [0, 0.1) is 0 Å². The lowest BCUT2D eigenvalue weighted by Crippen LogP contribution is -2.41. The zero-order chi connectivity index (χ0) is 14.3. The van der Waals surface area contributed by atoms with Crippen LogP contribution < -0.4 is 5.32 Å². The van der Waals surface area contributed by atoms with Gasteiger partial charge in [-0.2, -0.15) is 11.8 Å². The Kier molecular flexibility index (Phi) is 6.94. The summed E-state index contributed by atoms with van der Waals surface area (Å²) in [5, 5.41) is 11.6. The number of rotatable bonds is 7. The van der Waals surface area contributed by atoms with Gasteiger partial charge in [0.25, 0.3) is 0 Å². The van der Waals surface area contributed by atoms with E-state index in [4.69, 9.17) is 5.11 Å². The third-order valence-electron chi connectivity index (χ3n) is 2.52. The molecule has 1 atom stereocenters. The van der Waals surface area contributed by atoms with Gasteiger partial charge in [0.05, 0.1) is 6.42 Å². The summed E-state index contributed by atoms with van der Waals surface area (Å²) in [4.78, 5) is 22.8. The van der Waals surface area contributed by atoms with Gasteiger partial charge in [-0.25, -0.2) is 4.79 Å². The zero-order valence-electron chi connectivity index (χ0n) is 10.6. The zero-order valence-corrected chi connectivity index (χ0v) is 13.0. The number of nitrogens with one attached hydrogen (secondary N) is 1. The molecule has 1 amide bonds. The van der Waals surface area contributed by atoms with Crippen LogP contribution in [0.2, 0.25) is 0 Å². The van der Waals surface area contributed by atoms with Crippen LogP contribution in [0.25, 0.3) is 0 Å². The lowest BCUT2D eigenvalue weighted by atomic mass is 10.1. The van der Waals surface area contributed by atoms with E-state index in [0.717, 1.165) is 10.0 Å². The molecule has 0 bridgehead atoms. The third kappa shape index (κ3) is 6.11. The van der Waals surface area contributed by atoms with Gasteiger partial charge in [-0.1, -0.05) is 28.1 Å². The molecule has 1 aromatic rings. The molecule has 0 unspecified atom stereocenters. The SMILES string of the molecule is CSCC[C@H](NC(=O)Cc1ccc(Br)cc1)C(=O)O. The van der Waals surface area contributed by atoms with E-state index in [1.807, 2.05) is 30.5 Å². The van der Waals surface area contributed by atoms with Gasteiger partial charge in [-0.3, -0.25) is 4.79 Å². The first-order valence-electron chi connectivity index (χ1n) is 5.78. The minimum atomic E-state index is -0.988. The van der Waals surface area contributed by atoms with Gasteiger partial charge in [0.15, 0.2) is 0 Å². The summed E-state index contributed by atoms with van der Waals surface area (Å²) in [5.41, 5.74) is 0.856. The second-order valence-electron chi connectivity index (χ2n) is 4.04. The molecule has 0 aliphatic heterocycles. The maximum absolute atomic E-state index is 11.8. The molecule has 0 radical (unpaired) electrons. The van der Waals surface area contributed by atoms with Gasteiger partial charge in [0.1, 0.15) is 6.04 Å². The molecule has 2 N–H and O–H groups in total. The Morgan fingerprint density at radius 3 is 2.53 bits per heavy atom. The van der Waals surface area contributed by atoms with Crippen molar-refractivity contribution in [2.75, 3.05) is 12.0 Å². The number of benzene rings is 1. The first-order chi connectivity index (χ1) is 9.02. The predicted molar refractivity (Wildman–Crippen MR) is 80.4 cm³/mol. The number of thioether (sulfide) groups is 1. The number of amides is 1. The lowest BCUT2D eigenvalue weighted by Gasteiger charge is -2.13. The van der Waals surface area contributed by atoms with Crippen molar-refractivity contribution in [3.63, 3.8) is 0 Å². The van der Waals surface area contributed by atoms with Crippen LogP contribution in [0.3, 0.4) is 0 Å². The van der Waals surface area contributed by atoms with Crippen molar-refractivity contribution in [2.45, 2.75) is 18.9 Å². The van der Waals surface area contributed by atoms with E-state index < -0.39 is 12.0 Å². The summed E-state index contributed by atoms with van der Waals surface area (Å²) in [7, 11) is 0. The Balaban J connectivity index is 2.52. The molecule has 0 heterocycles. The largest absolute Gasteiger partial charge is 0.480 e. The lowest BCUT2D eigenvalue weighted by molar-refractivity contribution is -0.141. The van der Waals surface area contributed by atoms with Gasteiger partial charge >= 0.3 is 5.97 Å². The van der Waals surface area contributed by atoms with Crippen molar-refractivity contribution in [1.82, 2.24) is 5.32 Å². The van der Waals surface area contributed by atoms with E-state index in [2.05, 4.69) is 21.2 Å². The number of halogens is 1. The molecule has 0 saturated heterocycles. The van der Waals surface area contributed by atoms with Gasteiger partial charge in [0, 0.05) is 4.47 Å². The number of hydrogen-bond acceptors (Lipinski definition) is 3. The molecule has 19 heavy (non-hydrogen) atoms. The number of carboxylic acid groups (broad SMARTS) is 1. The van der Waals surface area contributed by atoms with Crippen LogP contribution in [0.1, 0.15) is 12.0 Å². The molecule has 0 aromatic heterocycles. The van der Waals surface area contributed by atoms with Crippen molar-refractivity contribution in [2.24, 2.45) is 0 Å². The van der Waals surface area contributed by atoms with Crippen LogP contribution in [0.5, 0.6) is 0 Å². The van der Waals surface area contributed by atoms with Gasteiger partial charge in [-0.15, -0.1) is 0 Å². The van der Waals surface area contributed by atoms with Crippen LogP contribution >= 0.6 is 27.7 Å². The summed E-state index contributed by atoms with van der Waals surface area (Å²) in [5.74, 6) is -0.552. The maximum atomic E-state index is 11.8. The van der Waals surface area contributed by atoms with Crippen molar-refractivity contribution in [3.8, 4) is 0 Å². The minimum Gasteiger partial charge on any atom is -0.480 e. The van der Waals surface area contributed by atoms with E-state index in [1.54, 1.807) is 11.8 Å². The summed E-state index contributed by atoms with van der Waals surface area (Å²) >= 11 is 4.88. The van der Waals surface area contributed by atoms with Gasteiger partial charge in [0.2, 0.25) is 5.91 Å². The normalized spacial score (nSPS) is 11.9. The second kappa shape index (κ2) is 8.22. The van der Waals surface area contributed by atoms with Crippen molar-refractivity contribution < 1.29 is 14.7 Å². The highest BCUT2D eigenvalue weighted by atomic mass is 79.9. The fraction of sp³-hybridized carbons (Fsp3) is 0.385. The van der Waals surface area contributed by atoms with Crippen LogP contribution in [-0.4, -0.2) is 35.0 Å². The summed E-state index contributed by atoms with van der Waals surface area (Å²) < 4.78 is 0.944. The standard InChI is InChI=1S/C13H16BrNO3S/c1-19-7-6-11(13(17)18)15-12(16)8-9-2-4-10(14)5-3-9/h2-5,11H,6-8H2,1H3,(H,15,16)(H,17,18)/t11-/m0/s1. The molecular weight excluding hydrogens is 330 g/mol. The van der Waals surface area contributed by atoms with Crippen molar-refractivity contribution in [3.05, 3.63) is 34.3 Å². The molecule has 0 saturated carbocycles. The molecule has 104 valence electrons. The number of carbonyl (C=O) groups is 2. The predicted octanol–water partition coefficient (Wildman–Crippen LogP) is 2.31. The molecule has 0 spiro atoms. The maximum Gasteiger partial charge on any atom is 0.326 e. The average molecular weight is 346 g/mol. The van der Waals surface area contributed by atoms with Crippen LogP contribution in [-0.2, 0) is 16.0 Å². The highest BCUT2D eigenvalue weighted by molar-refractivity contribution is 9.10. The van der Waals surface area contributed by atoms with Crippen molar-refractivity contribution >= 4 is 39.6 Å². The Bertz CT molecular complexity index is 436. The highest BCUT2D eigenvalue weighted by Gasteiger charge is 2.19. The summed E-state index contributed by atoms with van der Waals surface area (Å²) in [6.07, 6.45) is 2.53. The smallest absolute Gasteiger partial charge is 0.326 e. The Hall–Kier alpha value is -1.01. The third-order valence-corrected chi connectivity index (χ3v) is 3.69. The number of carboxylic acids is 1. The van der Waals surface area contributed by atoms with Gasteiger partial charge in [-0.05, 0) is 36.1 Å². The molecule has 0 aliphatic carbocycles. The summed E-state index contributed by atoms with van der Waals surface area (Å²) in [6.45, 7) is 0. The van der Waals surface area contributed by atoms with E-state index in [1.165, 1.54) is 0 Å². The fourth-order valence-electron chi connectivity index (χ4n) is 1.53. The first-order valence-corrected chi connectivity index (χ1v) is 7.97. The van der Waals surface area contributed by atoms with E-state index in [-0.39, 0.29) is 12.3 Å². The Morgan fingerprint density at radius 1 is 1.37 bits per heavy atom. The second-order valence-corrected chi connectivity index (χ2v) is 5.94. The number of carbonyl (C=O) groups excluding carboxylic acids is 1. The molecule has 4 nitrogen and oxygen atoms in total. The number of aliphatic carboxylic acids is 1. The quantitative estimate of drug-likeness (QED) is 0.795. The summed E-state index contributed by atoms with van der Waals surface area (Å²) in [6, 6.07) is 6.56. The molecule has 1 aromatic carbocycles. The molecule has 1 rings (SSSR count). The van der Waals surface area contributed by atoms with E-state index in [9.17, 15) is 9.59 Å². The first kappa shape index (κ1) is 16.0. The average Bonchev–Trinajstić information content (AvgIpc) is 2.37. The van der Waals surface area contributed by atoms with Crippen molar-refractivity contribution in [1.29, 1.82) is 0 Å². The van der Waals surface area contributed by atoms with E-state index >= 15 is 0 Å². The topological polar surface area (TPSA) is 66.4 Å². The molecular formula is C13H16BrNO3S. The fourth-order valence-corrected chi connectivity index (χ4v) is 2.26. The van der Waals surface area contributed by atoms with Crippen LogP contribution in [0.4, 0.5) is 0 Å². The molecule has 0 fully saturated rings. The Labute approximate surface area is 125 Å².